The Balaban J connectivity index is 1.93. The summed E-state index contributed by atoms with van der Waals surface area (Å²) in [6, 6.07) is 13.1. The van der Waals surface area contributed by atoms with Gasteiger partial charge in [0.2, 0.25) is 0 Å². The van der Waals surface area contributed by atoms with E-state index in [0.717, 1.165) is 15.6 Å². The molecule has 2 aromatic carbocycles. The lowest BCUT2D eigenvalue weighted by Gasteiger charge is -2.06. The van der Waals surface area contributed by atoms with Gasteiger partial charge in [-0.25, -0.2) is 0 Å². The van der Waals surface area contributed by atoms with Gasteiger partial charge in [-0.05, 0) is 30.7 Å². The van der Waals surface area contributed by atoms with Gasteiger partial charge in [0.25, 0.3) is 5.91 Å². The SMILES string of the molecule is Cc1ccc(NC(=O)c2sc3ccccc3c2N)cc1Cl. The maximum absolute atomic E-state index is 12.4. The Bertz CT molecular complexity index is 841. The molecule has 5 heteroatoms. The molecule has 106 valence electrons. The molecule has 0 aliphatic heterocycles. The lowest BCUT2D eigenvalue weighted by Crippen LogP contribution is -2.11. The molecule has 0 unspecified atom stereocenters. The van der Waals surface area contributed by atoms with Gasteiger partial charge in [-0.1, -0.05) is 35.9 Å². The maximum atomic E-state index is 12.4. The number of rotatable bonds is 2. The second-order valence-electron chi connectivity index (χ2n) is 4.76. The Kier molecular flexibility index (Phi) is 3.57. The fraction of sp³-hybridized carbons (Fsp3) is 0.0625. The summed E-state index contributed by atoms with van der Waals surface area (Å²) in [5.74, 6) is -0.214. The van der Waals surface area contributed by atoms with Crippen LogP contribution in [0.2, 0.25) is 5.02 Å². The Labute approximate surface area is 131 Å². The third-order valence-corrected chi connectivity index (χ3v) is 4.86. The number of fused-ring (bicyclic) bond motifs is 1. The summed E-state index contributed by atoms with van der Waals surface area (Å²) in [5.41, 5.74) is 8.22. The lowest BCUT2D eigenvalue weighted by molar-refractivity contribution is 0.103. The van der Waals surface area contributed by atoms with Crippen molar-refractivity contribution in [3.63, 3.8) is 0 Å². The lowest BCUT2D eigenvalue weighted by atomic mass is 10.2. The number of carbonyl (C=O) groups is 1. The average molecular weight is 317 g/mol. The third kappa shape index (κ3) is 2.60. The van der Waals surface area contributed by atoms with Crippen molar-refractivity contribution in [3.05, 3.63) is 57.9 Å². The normalized spacial score (nSPS) is 10.8. The summed E-state index contributed by atoms with van der Waals surface area (Å²) in [5, 5.41) is 4.37. The molecule has 0 spiro atoms. The van der Waals surface area contributed by atoms with E-state index >= 15 is 0 Å². The van der Waals surface area contributed by atoms with Crippen molar-refractivity contribution in [1.82, 2.24) is 0 Å². The van der Waals surface area contributed by atoms with E-state index in [1.807, 2.05) is 43.3 Å². The van der Waals surface area contributed by atoms with Gasteiger partial charge >= 0.3 is 0 Å². The number of hydrogen-bond donors (Lipinski definition) is 2. The van der Waals surface area contributed by atoms with Gasteiger partial charge in [0.15, 0.2) is 0 Å². The van der Waals surface area contributed by atoms with Crippen LogP contribution in [0.5, 0.6) is 0 Å². The van der Waals surface area contributed by atoms with E-state index in [2.05, 4.69) is 5.32 Å². The van der Waals surface area contributed by atoms with E-state index in [9.17, 15) is 4.79 Å². The molecule has 3 aromatic rings. The molecular weight excluding hydrogens is 304 g/mol. The number of nitrogen functional groups attached to an aromatic ring is 1. The van der Waals surface area contributed by atoms with Crippen LogP contribution in [0.25, 0.3) is 10.1 Å². The van der Waals surface area contributed by atoms with Crippen molar-refractivity contribution < 1.29 is 4.79 Å². The number of halogens is 1. The predicted molar refractivity (Wildman–Crippen MR) is 90.4 cm³/mol. The zero-order valence-corrected chi connectivity index (χ0v) is 12.9. The standard InChI is InChI=1S/C16H13ClN2OS/c1-9-6-7-10(8-12(9)17)19-16(20)15-14(18)11-4-2-3-5-13(11)21-15/h2-8H,18H2,1H3,(H,19,20). The smallest absolute Gasteiger partial charge is 0.267 e. The second-order valence-corrected chi connectivity index (χ2v) is 6.22. The molecule has 0 aliphatic carbocycles. The minimum absolute atomic E-state index is 0.214. The summed E-state index contributed by atoms with van der Waals surface area (Å²) in [6.45, 7) is 1.91. The van der Waals surface area contributed by atoms with Crippen molar-refractivity contribution in [2.75, 3.05) is 11.1 Å². The number of aryl methyl sites for hydroxylation is 1. The topological polar surface area (TPSA) is 55.1 Å². The van der Waals surface area contributed by atoms with Gasteiger partial charge in [-0.2, -0.15) is 0 Å². The van der Waals surface area contributed by atoms with Gasteiger partial charge in [0.05, 0.1) is 5.69 Å². The van der Waals surface area contributed by atoms with Crippen LogP contribution >= 0.6 is 22.9 Å². The van der Waals surface area contributed by atoms with E-state index in [1.54, 1.807) is 6.07 Å². The van der Waals surface area contributed by atoms with Crippen molar-refractivity contribution in [1.29, 1.82) is 0 Å². The molecule has 1 amide bonds. The molecule has 0 atom stereocenters. The molecule has 21 heavy (non-hydrogen) atoms. The minimum Gasteiger partial charge on any atom is -0.397 e. The zero-order valence-electron chi connectivity index (χ0n) is 11.3. The predicted octanol–water partition coefficient (Wildman–Crippen LogP) is 4.70. The molecule has 0 bridgehead atoms. The van der Waals surface area contributed by atoms with E-state index in [0.29, 0.717) is 21.3 Å². The highest BCUT2D eigenvalue weighted by Crippen LogP contribution is 2.34. The van der Waals surface area contributed by atoms with Crippen LogP contribution in [0.3, 0.4) is 0 Å². The summed E-state index contributed by atoms with van der Waals surface area (Å²) in [4.78, 5) is 12.9. The molecular formula is C16H13ClN2OS. The number of carbonyl (C=O) groups excluding carboxylic acids is 1. The Morgan fingerprint density at radius 2 is 2.00 bits per heavy atom. The minimum atomic E-state index is -0.214. The van der Waals surface area contributed by atoms with Crippen LogP contribution in [0.15, 0.2) is 42.5 Å². The van der Waals surface area contributed by atoms with Gasteiger partial charge in [-0.15, -0.1) is 11.3 Å². The second kappa shape index (κ2) is 5.39. The van der Waals surface area contributed by atoms with E-state index in [-0.39, 0.29) is 5.91 Å². The largest absolute Gasteiger partial charge is 0.397 e. The molecule has 0 fully saturated rings. The Hall–Kier alpha value is -2.04. The number of benzene rings is 2. The summed E-state index contributed by atoms with van der Waals surface area (Å²) < 4.78 is 1.00. The molecule has 0 radical (unpaired) electrons. The first kappa shape index (κ1) is 13.9. The number of anilines is 2. The highest BCUT2D eigenvalue weighted by molar-refractivity contribution is 7.21. The fourth-order valence-electron chi connectivity index (χ4n) is 2.09. The van der Waals surface area contributed by atoms with Crippen LogP contribution < -0.4 is 11.1 Å². The summed E-state index contributed by atoms with van der Waals surface area (Å²) >= 11 is 7.45. The van der Waals surface area contributed by atoms with Crippen LogP contribution in [0.1, 0.15) is 15.2 Å². The number of amides is 1. The van der Waals surface area contributed by atoms with Gasteiger partial charge in [-0.3, -0.25) is 4.79 Å². The zero-order chi connectivity index (χ0) is 15.0. The fourth-order valence-corrected chi connectivity index (χ4v) is 3.29. The van der Waals surface area contributed by atoms with Crippen molar-refractivity contribution in [2.24, 2.45) is 0 Å². The highest BCUT2D eigenvalue weighted by atomic mass is 35.5. The van der Waals surface area contributed by atoms with Crippen LogP contribution in [-0.2, 0) is 0 Å². The van der Waals surface area contributed by atoms with Gasteiger partial charge in [0, 0.05) is 20.8 Å². The molecule has 3 N–H and O–H groups in total. The Morgan fingerprint density at radius 3 is 2.71 bits per heavy atom. The summed E-state index contributed by atoms with van der Waals surface area (Å²) in [7, 11) is 0. The van der Waals surface area contributed by atoms with Crippen LogP contribution in [-0.4, -0.2) is 5.91 Å². The average Bonchev–Trinajstić information content (AvgIpc) is 2.81. The Morgan fingerprint density at radius 1 is 1.24 bits per heavy atom. The van der Waals surface area contributed by atoms with Crippen LogP contribution in [0.4, 0.5) is 11.4 Å². The highest BCUT2D eigenvalue weighted by Gasteiger charge is 2.16. The van der Waals surface area contributed by atoms with Crippen molar-refractivity contribution in [2.45, 2.75) is 6.92 Å². The number of nitrogens with one attached hydrogen (secondary N) is 1. The number of nitrogens with two attached hydrogens (primary N) is 1. The van der Waals surface area contributed by atoms with E-state index in [1.165, 1.54) is 11.3 Å². The molecule has 0 saturated carbocycles. The number of hydrogen-bond acceptors (Lipinski definition) is 3. The maximum Gasteiger partial charge on any atom is 0.267 e. The molecule has 1 heterocycles. The van der Waals surface area contributed by atoms with Crippen molar-refractivity contribution in [3.8, 4) is 0 Å². The monoisotopic (exact) mass is 316 g/mol. The van der Waals surface area contributed by atoms with E-state index < -0.39 is 0 Å². The third-order valence-electron chi connectivity index (χ3n) is 3.27. The molecule has 1 aromatic heterocycles. The first-order chi connectivity index (χ1) is 10.1. The molecule has 0 saturated heterocycles. The first-order valence-electron chi connectivity index (χ1n) is 6.41. The number of thiophene rings is 1. The first-order valence-corrected chi connectivity index (χ1v) is 7.60. The molecule has 3 nitrogen and oxygen atoms in total. The van der Waals surface area contributed by atoms with Crippen molar-refractivity contribution >= 4 is 50.3 Å². The summed E-state index contributed by atoms with van der Waals surface area (Å²) in [6.07, 6.45) is 0. The van der Waals surface area contributed by atoms with Gasteiger partial charge in [0.1, 0.15) is 4.88 Å². The van der Waals surface area contributed by atoms with E-state index in [4.69, 9.17) is 17.3 Å². The quantitative estimate of drug-likeness (QED) is 0.720. The molecule has 0 aliphatic rings. The van der Waals surface area contributed by atoms with Crippen LogP contribution in [0, 0.1) is 6.92 Å². The molecule has 3 rings (SSSR count). The van der Waals surface area contributed by atoms with Gasteiger partial charge < -0.3 is 11.1 Å².